The summed E-state index contributed by atoms with van der Waals surface area (Å²) in [5.74, 6) is 0. The Labute approximate surface area is 99.3 Å². The Kier molecular flexibility index (Phi) is 3.17. The smallest absolute Gasteiger partial charge is 0.0699 e. The average molecular weight is 289 g/mol. The molecule has 0 aliphatic rings. The number of hydrogen-bond acceptors (Lipinski definition) is 3. The van der Waals surface area contributed by atoms with Crippen molar-refractivity contribution in [3.8, 4) is 0 Å². The number of aliphatic hydroxyl groups excluding tert-OH is 1. The van der Waals surface area contributed by atoms with E-state index in [1.54, 1.807) is 23.1 Å². The highest BCUT2D eigenvalue weighted by molar-refractivity contribution is 9.10. The van der Waals surface area contributed by atoms with Gasteiger partial charge in [-0.15, -0.1) is 23.1 Å². The van der Waals surface area contributed by atoms with Crippen LogP contribution in [0.15, 0.2) is 26.9 Å². The van der Waals surface area contributed by atoms with Gasteiger partial charge in [0.25, 0.3) is 0 Å². The Balaban J connectivity index is 2.80. The molecule has 2 aromatic rings. The van der Waals surface area contributed by atoms with Gasteiger partial charge in [-0.3, -0.25) is 0 Å². The normalized spacial score (nSPS) is 11.1. The van der Waals surface area contributed by atoms with Gasteiger partial charge in [0, 0.05) is 19.6 Å². The second kappa shape index (κ2) is 4.23. The van der Waals surface area contributed by atoms with Gasteiger partial charge in [-0.2, -0.15) is 0 Å². The van der Waals surface area contributed by atoms with E-state index >= 15 is 0 Å². The minimum absolute atomic E-state index is 0.0855. The molecule has 0 saturated heterocycles. The lowest BCUT2D eigenvalue weighted by Gasteiger charge is -2.07. The van der Waals surface area contributed by atoms with E-state index < -0.39 is 0 Å². The molecule has 4 heteroatoms. The molecule has 1 heterocycles. The van der Waals surface area contributed by atoms with Crippen LogP contribution in [0.25, 0.3) is 10.1 Å². The maximum atomic E-state index is 9.32. The molecule has 0 bridgehead atoms. The molecule has 0 amide bonds. The summed E-state index contributed by atoms with van der Waals surface area (Å²) in [4.78, 5) is 1.18. The maximum Gasteiger partial charge on any atom is 0.0699 e. The van der Waals surface area contributed by atoms with Crippen LogP contribution in [0.3, 0.4) is 0 Å². The Morgan fingerprint density at radius 3 is 3.00 bits per heavy atom. The van der Waals surface area contributed by atoms with E-state index in [1.165, 1.54) is 9.60 Å². The molecule has 0 unspecified atom stereocenters. The van der Waals surface area contributed by atoms with Gasteiger partial charge in [0.15, 0.2) is 0 Å². The van der Waals surface area contributed by atoms with E-state index in [0.29, 0.717) is 0 Å². The summed E-state index contributed by atoms with van der Waals surface area (Å²) in [6.07, 6.45) is 2.04. The Morgan fingerprint density at radius 2 is 2.36 bits per heavy atom. The fourth-order valence-corrected chi connectivity index (χ4v) is 3.84. The zero-order chi connectivity index (χ0) is 10.1. The summed E-state index contributed by atoms with van der Waals surface area (Å²) >= 11 is 6.93. The Morgan fingerprint density at radius 1 is 1.57 bits per heavy atom. The minimum Gasteiger partial charge on any atom is -0.392 e. The van der Waals surface area contributed by atoms with Crippen LogP contribution in [0.2, 0.25) is 0 Å². The van der Waals surface area contributed by atoms with Crippen molar-refractivity contribution in [3.05, 3.63) is 27.5 Å². The molecule has 1 aromatic carbocycles. The molecular weight excluding hydrogens is 280 g/mol. The molecule has 14 heavy (non-hydrogen) atoms. The lowest BCUT2D eigenvalue weighted by atomic mass is 10.1. The predicted molar refractivity (Wildman–Crippen MR) is 67.2 cm³/mol. The van der Waals surface area contributed by atoms with Gasteiger partial charge in [-0.1, -0.05) is 0 Å². The van der Waals surface area contributed by atoms with Crippen LogP contribution < -0.4 is 0 Å². The third-order valence-electron chi connectivity index (χ3n) is 2.14. The summed E-state index contributed by atoms with van der Waals surface area (Å²) < 4.78 is 2.26. The quantitative estimate of drug-likeness (QED) is 0.847. The maximum absolute atomic E-state index is 9.32. The first kappa shape index (κ1) is 10.5. The number of thiophene rings is 1. The number of benzene rings is 1. The molecule has 1 nitrogen and oxygen atoms in total. The second-order valence-electron chi connectivity index (χ2n) is 2.86. The average Bonchev–Trinajstić information content (AvgIpc) is 2.64. The minimum atomic E-state index is 0.0855. The monoisotopic (exact) mass is 288 g/mol. The van der Waals surface area contributed by atoms with Crippen molar-refractivity contribution < 1.29 is 5.11 Å². The van der Waals surface area contributed by atoms with Gasteiger partial charge in [-0.05, 0) is 45.1 Å². The van der Waals surface area contributed by atoms with Crippen LogP contribution >= 0.6 is 39.0 Å². The summed E-state index contributed by atoms with van der Waals surface area (Å²) in [5.41, 5.74) is 0.994. The summed E-state index contributed by atoms with van der Waals surface area (Å²) in [7, 11) is 0. The van der Waals surface area contributed by atoms with Gasteiger partial charge >= 0.3 is 0 Å². The number of hydrogen-bond donors (Lipinski definition) is 1. The van der Waals surface area contributed by atoms with Crippen LogP contribution in [0.5, 0.6) is 0 Å². The first-order valence-electron chi connectivity index (χ1n) is 4.11. The SMILES string of the molecule is CSc1cc2sccc2c(CO)c1Br. The number of aliphatic hydroxyl groups is 1. The standard InChI is InChI=1S/C10H9BrOS2/c1-13-9-4-8-6(2-3-14-8)7(5-12)10(9)11/h2-4,12H,5H2,1H3. The molecule has 1 N–H and O–H groups in total. The number of thioether (sulfide) groups is 1. The molecule has 0 saturated carbocycles. The largest absolute Gasteiger partial charge is 0.392 e. The number of halogens is 1. The molecule has 1 aromatic heterocycles. The fourth-order valence-electron chi connectivity index (χ4n) is 1.43. The van der Waals surface area contributed by atoms with Gasteiger partial charge in [0.1, 0.15) is 0 Å². The molecule has 0 aliphatic carbocycles. The second-order valence-corrected chi connectivity index (χ2v) is 5.45. The first-order valence-corrected chi connectivity index (χ1v) is 7.01. The highest BCUT2D eigenvalue weighted by atomic mass is 79.9. The summed E-state index contributed by atoms with van der Waals surface area (Å²) in [6, 6.07) is 4.22. The third kappa shape index (κ3) is 1.60. The highest BCUT2D eigenvalue weighted by Gasteiger charge is 2.10. The highest BCUT2D eigenvalue weighted by Crippen LogP contribution is 2.37. The van der Waals surface area contributed by atoms with E-state index in [2.05, 4.69) is 33.4 Å². The van der Waals surface area contributed by atoms with Crippen molar-refractivity contribution in [1.82, 2.24) is 0 Å². The van der Waals surface area contributed by atoms with E-state index in [1.807, 2.05) is 6.26 Å². The van der Waals surface area contributed by atoms with Gasteiger partial charge in [-0.25, -0.2) is 0 Å². The molecule has 74 valence electrons. The Hall–Kier alpha value is -0.0300. The first-order chi connectivity index (χ1) is 6.77. The van der Waals surface area contributed by atoms with Crippen LogP contribution in [-0.4, -0.2) is 11.4 Å². The van der Waals surface area contributed by atoms with E-state index in [9.17, 15) is 5.11 Å². The molecule has 0 fully saturated rings. The predicted octanol–water partition coefficient (Wildman–Crippen LogP) is 3.88. The van der Waals surface area contributed by atoms with E-state index in [4.69, 9.17) is 0 Å². The molecule has 0 atom stereocenters. The van der Waals surface area contributed by atoms with E-state index in [0.717, 1.165) is 15.4 Å². The molecule has 0 spiro atoms. The zero-order valence-corrected chi connectivity index (χ0v) is 10.8. The lowest BCUT2D eigenvalue weighted by Crippen LogP contribution is -1.88. The lowest BCUT2D eigenvalue weighted by molar-refractivity contribution is 0.282. The number of fused-ring (bicyclic) bond motifs is 1. The van der Waals surface area contributed by atoms with Crippen LogP contribution in [0, 0.1) is 0 Å². The fraction of sp³-hybridized carbons (Fsp3) is 0.200. The number of rotatable bonds is 2. The van der Waals surface area contributed by atoms with Gasteiger partial charge < -0.3 is 5.11 Å². The summed E-state index contributed by atoms with van der Waals surface area (Å²) in [5, 5.41) is 12.5. The van der Waals surface area contributed by atoms with Gasteiger partial charge in [0.05, 0.1) is 6.61 Å². The Bertz CT molecular complexity index is 464. The van der Waals surface area contributed by atoms with Crippen molar-refractivity contribution in [2.75, 3.05) is 6.26 Å². The molecular formula is C10H9BrOS2. The van der Waals surface area contributed by atoms with Crippen molar-refractivity contribution in [2.24, 2.45) is 0 Å². The van der Waals surface area contributed by atoms with Crippen molar-refractivity contribution in [3.63, 3.8) is 0 Å². The van der Waals surface area contributed by atoms with Crippen LogP contribution in [0.1, 0.15) is 5.56 Å². The van der Waals surface area contributed by atoms with Crippen molar-refractivity contribution in [2.45, 2.75) is 11.5 Å². The molecule has 2 rings (SSSR count). The molecule has 0 aliphatic heterocycles. The van der Waals surface area contributed by atoms with Crippen molar-refractivity contribution >= 4 is 49.1 Å². The topological polar surface area (TPSA) is 20.2 Å². The summed E-state index contributed by atoms with van der Waals surface area (Å²) in [6.45, 7) is 0.0855. The van der Waals surface area contributed by atoms with Crippen molar-refractivity contribution in [1.29, 1.82) is 0 Å². The van der Waals surface area contributed by atoms with E-state index in [-0.39, 0.29) is 6.61 Å². The van der Waals surface area contributed by atoms with Crippen LogP contribution in [0.4, 0.5) is 0 Å². The van der Waals surface area contributed by atoms with Crippen LogP contribution in [-0.2, 0) is 6.61 Å². The molecule has 0 radical (unpaired) electrons. The third-order valence-corrected chi connectivity index (χ3v) is 4.94. The zero-order valence-electron chi connectivity index (χ0n) is 7.58. The van der Waals surface area contributed by atoms with Gasteiger partial charge in [0.2, 0.25) is 0 Å².